The molecule has 0 saturated carbocycles. The molecule has 0 aliphatic carbocycles. The highest BCUT2D eigenvalue weighted by Crippen LogP contribution is 2.45. The standard InChI is InChI=1S/C79H150O17P2/c1-8-9-10-11-12-13-14-15-17-24-29-34-39-48-55-62-78(83)95-74(66-89-76(81)60-53-46-38-33-28-23-19-16-18-21-26-31-36-43-50-57-70(2)3)68-93-97(85,86)91-64-73(80)65-92-98(87,88)94-69-75(67-90-77(82)61-54-47-42-41-45-52-59-72(6)7)96-79(84)63-56-49-40-35-30-25-20-22-27-32-37-44-51-58-71(4)5/h13-15,17,70-75,80H,8-12,16,18-69H2,1-7H3,(H,85,86)(H,87,88)/b14-13-,17-15-/t73-,74-,75-/m1/s1. The number of esters is 4. The van der Waals surface area contributed by atoms with E-state index in [9.17, 15) is 43.2 Å². The van der Waals surface area contributed by atoms with Crippen LogP contribution >= 0.6 is 15.6 Å². The zero-order valence-corrected chi connectivity index (χ0v) is 65.5. The van der Waals surface area contributed by atoms with Crippen molar-refractivity contribution in [1.29, 1.82) is 0 Å². The van der Waals surface area contributed by atoms with Crippen molar-refractivity contribution in [3.8, 4) is 0 Å². The molecule has 0 rings (SSSR count). The number of unbranched alkanes of at least 4 members (excludes halogenated alkanes) is 40. The number of aliphatic hydroxyl groups is 1. The number of allylic oxidation sites excluding steroid dienone is 4. The Morgan fingerprint density at radius 2 is 0.551 bits per heavy atom. The van der Waals surface area contributed by atoms with E-state index < -0.39 is 97.5 Å². The van der Waals surface area contributed by atoms with Gasteiger partial charge in [0, 0.05) is 25.7 Å². The summed E-state index contributed by atoms with van der Waals surface area (Å²) in [6, 6.07) is 0. The summed E-state index contributed by atoms with van der Waals surface area (Å²) in [5.74, 6) is 0.121. The highest BCUT2D eigenvalue weighted by molar-refractivity contribution is 7.47. The fourth-order valence-corrected chi connectivity index (χ4v) is 13.2. The molecule has 0 saturated heterocycles. The molecule has 0 aromatic rings. The summed E-state index contributed by atoms with van der Waals surface area (Å²) in [5.41, 5.74) is 0. The summed E-state index contributed by atoms with van der Waals surface area (Å²) in [6.07, 6.45) is 59.2. The van der Waals surface area contributed by atoms with Gasteiger partial charge in [0.25, 0.3) is 0 Å². The number of hydrogen-bond donors (Lipinski definition) is 3. The van der Waals surface area contributed by atoms with E-state index >= 15 is 0 Å². The molecule has 2 unspecified atom stereocenters. The third kappa shape index (κ3) is 71.9. The summed E-state index contributed by atoms with van der Waals surface area (Å²) in [5, 5.41) is 10.6. The van der Waals surface area contributed by atoms with Gasteiger partial charge < -0.3 is 33.8 Å². The Balaban J connectivity index is 5.26. The maximum Gasteiger partial charge on any atom is 0.472 e. The van der Waals surface area contributed by atoms with Crippen molar-refractivity contribution in [3.63, 3.8) is 0 Å². The van der Waals surface area contributed by atoms with Gasteiger partial charge in [0.1, 0.15) is 19.3 Å². The Morgan fingerprint density at radius 3 is 0.827 bits per heavy atom. The number of carbonyl (C=O) groups is 4. The average molecular weight is 1430 g/mol. The van der Waals surface area contributed by atoms with Crippen LogP contribution in [0.3, 0.4) is 0 Å². The molecule has 98 heavy (non-hydrogen) atoms. The predicted octanol–water partition coefficient (Wildman–Crippen LogP) is 22.9. The van der Waals surface area contributed by atoms with E-state index in [1.807, 2.05) is 0 Å². The van der Waals surface area contributed by atoms with Gasteiger partial charge in [-0.2, -0.15) is 0 Å². The number of hydrogen-bond acceptors (Lipinski definition) is 15. The van der Waals surface area contributed by atoms with Crippen molar-refractivity contribution >= 4 is 39.5 Å². The SMILES string of the molecule is CCCCCC/C=C\C=C/CCCCCCCC(=O)O[C@H](COC(=O)CCCCCCCCCCCCCCCCCC(C)C)COP(=O)(O)OC[C@@H](O)COP(=O)(O)OC[C@@H](COC(=O)CCCCCCCCC(C)C)OC(=O)CCCCCCCCCCCCCCCC(C)C. The first kappa shape index (κ1) is 95.5. The van der Waals surface area contributed by atoms with Crippen LogP contribution in [0.1, 0.15) is 382 Å². The van der Waals surface area contributed by atoms with E-state index in [0.717, 1.165) is 121 Å². The number of aliphatic hydroxyl groups excluding tert-OH is 1. The minimum atomic E-state index is -4.97. The molecule has 0 bridgehead atoms. The highest BCUT2D eigenvalue weighted by atomic mass is 31.2. The van der Waals surface area contributed by atoms with Crippen molar-refractivity contribution < 1.29 is 80.2 Å². The number of phosphoric ester groups is 2. The van der Waals surface area contributed by atoms with Crippen molar-refractivity contribution in [2.24, 2.45) is 17.8 Å². The monoisotopic (exact) mass is 1430 g/mol. The lowest BCUT2D eigenvalue weighted by molar-refractivity contribution is -0.161. The van der Waals surface area contributed by atoms with Crippen LogP contribution in [0.15, 0.2) is 24.3 Å². The molecule has 5 atom stereocenters. The molecule has 0 amide bonds. The first-order chi connectivity index (χ1) is 47.2. The molecule has 0 spiro atoms. The fourth-order valence-electron chi connectivity index (χ4n) is 11.6. The molecule has 0 aromatic heterocycles. The van der Waals surface area contributed by atoms with Crippen molar-refractivity contribution in [2.75, 3.05) is 39.6 Å². The van der Waals surface area contributed by atoms with Gasteiger partial charge in [0.15, 0.2) is 12.2 Å². The van der Waals surface area contributed by atoms with Gasteiger partial charge in [-0.1, -0.05) is 330 Å². The van der Waals surface area contributed by atoms with E-state index in [2.05, 4.69) is 72.8 Å². The van der Waals surface area contributed by atoms with E-state index in [4.69, 9.17) is 37.0 Å². The molecular weight excluding hydrogens is 1280 g/mol. The smallest absolute Gasteiger partial charge is 0.462 e. The zero-order valence-electron chi connectivity index (χ0n) is 63.7. The van der Waals surface area contributed by atoms with Gasteiger partial charge in [-0.05, 0) is 69.1 Å². The van der Waals surface area contributed by atoms with Crippen LogP contribution in [0, 0.1) is 17.8 Å². The Morgan fingerprint density at radius 1 is 0.316 bits per heavy atom. The Hall–Kier alpha value is -2.46. The molecular formula is C79H150O17P2. The average Bonchev–Trinajstić information content (AvgIpc) is 0.953. The Labute approximate surface area is 599 Å². The summed E-state index contributed by atoms with van der Waals surface area (Å²) in [4.78, 5) is 72.9. The number of ether oxygens (including phenoxy) is 4. The molecule has 0 aliphatic rings. The van der Waals surface area contributed by atoms with Crippen LogP contribution in [0.25, 0.3) is 0 Å². The first-order valence-electron chi connectivity index (χ1n) is 40.2. The first-order valence-corrected chi connectivity index (χ1v) is 43.2. The second kappa shape index (κ2) is 68.9. The highest BCUT2D eigenvalue weighted by Gasteiger charge is 2.30. The minimum absolute atomic E-state index is 0.0850. The summed E-state index contributed by atoms with van der Waals surface area (Å²) in [6.45, 7) is 11.8. The van der Waals surface area contributed by atoms with E-state index in [-0.39, 0.29) is 25.7 Å². The molecule has 0 aromatic carbocycles. The van der Waals surface area contributed by atoms with Gasteiger partial charge >= 0.3 is 39.5 Å². The second-order valence-corrected chi connectivity index (χ2v) is 32.1. The number of rotatable bonds is 75. The lowest BCUT2D eigenvalue weighted by atomic mass is 10.0. The zero-order chi connectivity index (χ0) is 72.3. The summed E-state index contributed by atoms with van der Waals surface area (Å²) in [7, 11) is -9.93. The lowest BCUT2D eigenvalue weighted by Crippen LogP contribution is -2.30. The molecule has 0 aliphatic heterocycles. The van der Waals surface area contributed by atoms with Crippen LogP contribution in [0.5, 0.6) is 0 Å². The van der Waals surface area contributed by atoms with Crippen LogP contribution in [-0.2, 0) is 65.4 Å². The van der Waals surface area contributed by atoms with Crippen LogP contribution < -0.4 is 0 Å². The molecule has 19 heteroatoms. The van der Waals surface area contributed by atoms with Gasteiger partial charge in [-0.3, -0.25) is 37.3 Å². The number of carbonyl (C=O) groups excluding carboxylic acids is 4. The lowest BCUT2D eigenvalue weighted by Gasteiger charge is -2.21. The van der Waals surface area contributed by atoms with Gasteiger partial charge in [-0.15, -0.1) is 0 Å². The quantitative estimate of drug-likeness (QED) is 0.0169. The van der Waals surface area contributed by atoms with Gasteiger partial charge in [0.2, 0.25) is 0 Å². The minimum Gasteiger partial charge on any atom is -0.462 e. The van der Waals surface area contributed by atoms with E-state index in [1.54, 1.807) is 0 Å². The van der Waals surface area contributed by atoms with Gasteiger partial charge in [-0.25, -0.2) is 9.13 Å². The van der Waals surface area contributed by atoms with Crippen molar-refractivity contribution in [1.82, 2.24) is 0 Å². The van der Waals surface area contributed by atoms with Crippen LogP contribution in [0.4, 0.5) is 0 Å². The van der Waals surface area contributed by atoms with E-state index in [1.165, 1.54) is 173 Å². The summed E-state index contributed by atoms with van der Waals surface area (Å²) >= 11 is 0. The van der Waals surface area contributed by atoms with E-state index in [0.29, 0.717) is 31.6 Å². The number of phosphoric acid groups is 2. The third-order valence-corrected chi connectivity index (χ3v) is 19.7. The largest absolute Gasteiger partial charge is 0.472 e. The maximum atomic E-state index is 13.1. The maximum absolute atomic E-state index is 13.1. The molecule has 578 valence electrons. The molecule has 17 nitrogen and oxygen atoms in total. The predicted molar refractivity (Wildman–Crippen MR) is 400 cm³/mol. The van der Waals surface area contributed by atoms with Crippen LogP contribution in [-0.4, -0.2) is 96.7 Å². The third-order valence-electron chi connectivity index (χ3n) is 17.8. The fraction of sp³-hybridized carbons (Fsp3) is 0.899. The Kier molecular flexibility index (Phi) is 67.2. The second-order valence-electron chi connectivity index (χ2n) is 29.2. The normalized spacial score (nSPS) is 14.2. The molecule has 3 N–H and O–H groups in total. The summed E-state index contributed by atoms with van der Waals surface area (Å²) < 4.78 is 68.6. The molecule has 0 fully saturated rings. The van der Waals surface area contributed by atoms with Gasteiger partial charge in [0.05, 0.1) is 26.4 Å². The molecule has 0 heterocycles. The topological polar surface area (TPSA) is 237 Å². The molecule has 0 radical (unpaired) electrons. The Bertz CT molecular complexity index is 2000. The van der Waals surface area contributed by atoms with Crippen molar-refractivity contribution in [3.05, 3.63) is 24.3 Å². The van der Waals surface area contributed by atoms with Crippen molar-refractivity contribution in [2.45, 2.75) is 401 Å². The van der Waals surface area contributed by atoms with Crippen LogP contribution in [0.2, 0.25) is 0 Å².